The van der Waals surface area contributed by atoms with Crippen molar-refractivity contribution >= 4 is 57.1 Å². The summed E-state index contributed by atoms with van der Waals surface area (Å²) < 4.78 is 12.0. The van der Waals surface area contributed by atoms with Crippen molar-refractivity contribution in [3.05, 3.63) is 76.5 Å². The molecule has 0 aliphatic rings. The third-order valence-corrected chi connectivity index (χ3v) is 5.86. The highest BCUT2D eigenvalue weighted by atomic mass is 35.5. The first kappa shape index (κ1) is 23.3. The number of imidazole rings is 1. The molecule has 2 aromatic carbocycles. The Morgan fingerprint density at radius 1 is 1.09 bits per heavy atom. The lowest BCUT2D eigenvalue weighted by molar-refractivity contribution is -0.123. The van der Waals surface area contributed by atoms with Gasteiger partial charge in [0.05, 0.1) is 12.8 Å². The summed E-state index contributed by atoms with van der Waals surface area (Å²) in [6, 6.07) is 13.3. The van der Waals surface area contributed by atoms with Gasteiger partial charge < -0.3 is 20.1 Å². The monoisotopic (exact) mass is 498 g/mol. The predicted molar refractivity (Wildman–Crippen MR) is 129 cm³/mol. The van der Waals surface area contributed by atoms with Crippen LogP contribution in [0.5, 0.6) is 5.75 Å². The maximum absolute atomic E-state index is 12.5. The van der Waals surface area contributed by atoms with E-state index in [1.165, 1.54) is 29.8 Å². The van der Waals surface area contributed by atoms with Crippen LogP contribution in [-0.2, 0) is 9.53 Å². The number of methoxy groups -OCH3 is 1. The number of thiazole rings is 1. The lowest BCUT2D eigenvalue weighted by Crippen LogP contribution is -2.30. The smallest absolute Gasteiger partial charge is 0.359 e. The number of halogens is 1. The topological polar surface area (TPSA) is 111 Å². The second-order valence-electron chi connectivity index (χ2n) is 7.08. The third-order valence-electron chi connectivity index (χ3n) is 4.84. The molecule has 0 saturated carbocycles. The van der Waals surface area contributed by atoms with Crippen LogP contribution in [0, 0.1) is 0 Å². The zero-order chi connectivity index (χ0) is 24.2. The summed E-state index contributed by atoms with van der Waals surface area (Å²) in [5.74, 6) is -1.09. The average molecular weight is 499 g/mol. The Morgan fingerprint density at radius 2 is 1.82 bits per heavy atom. The summed E-state index contributed by atoms with van der Waals surface area (Å²) in [7, 11) is 1.52. The molecule has 11 heteroatoms. The minimum Gasteiger partial charge on any atom is -0.495 e. The molecule has 2 amide bonds. The number of rotatable bonds is 7. The van der Waals surface area contributed by atoms with Crippen LogP contribution in [0.2, 0.25) is 5.15 Å². The van der Waals surface area contributed by atoms with Crippen LogP contribution < -0.4 is 15.4 Å². The van der Waals surface area contributed by atoms with Crippen molar-refractivity contribution in [1.29, 1.82) is 0 Å². The summed E-state index contributed by atoms with van der Waals surface area (Å²) >= 11 is 7.36. The molecule has 0 saturated heterocycles. The van der Waals surface area contributed by atoms with Gasteiger partial charge in [-0.25, -0.2) is 9.78 Å². The summed E-state index contributed by atoms with van der Waals surface area (Å²) in [6.07, 6.45) is 0.549. The molecule has 0 spiro atoms. The molecule has 0 radical (unpaired) electrons. The Hall–Kier alpha value is -3.89. The van der Waals surface area contributed by atoms with Crippen molar-refractivity contribution < 1.29 is 23.9 Å². The first-order valence-corrected chi connectivity index (χ1v) is 11.3. The molecule has 1 atom stereocenters. The number of ether oxygens (including phenoxy) is 2. The van der Waals surface area contributed by atoms with Crippen LogP contribution >= 0.6 is 22.9 Å². The number of anilines is 2. The fourth-order valence-electron chi connectivity index (χ4n) is 3.10. The van der Waals surface area contributed by atoms with Gasteiger partial charge in [-0.3, -0.25) is 14.0 Å². The zero-order valence-electron chi connectivity index (χ0n) is 18.1. The van der Waals surface area contributed by atoms with Gasteiger partial charge in [0.15, 0.2) is 21.9 Å². The molecule has 4 rings (SSSR count). The van der Waals surface area contributed by atoms with Gasteiger partial charge in [-0.1, -0.05) is 23.7 Å². The fraction of sp³-hybridized carbons (Fsp3) is 0.130. The summed E-state index contributed by atoms with van der Waals surface area (Å²) in [5, 5.41) is 7.19. The lowest BCUT2D eigenvalue weighted by atomic mass is 10.2. The Kier molecular flexibility index (Phi) is 6.80. The van der Waals surface area contributed by atoms with E-state index in [-0.39, 0.29) is 16.8 Å². The molecule has 0 bridgehead atoms. The molecular formula is C23H19ClN4O5S. The molecule has 0 fully saturated rings. The van der Waals surface area contributed by atoms with E-state index in [1.54, 1.807) is 60.1 Å². The normalized spacial score (nSPS) is 11.6. The summed E-state index contributed by atoms with van der Waals surface area (Å²) in [4.78, 5) is 42.2. The number of aromatic nitrogens is 2. The minimum atomic E-state index is -1.10. The molecule has 0 unspecified atom stereocenters. The molecule has 0 aliphatic carbocycles. The van der Waals surface area contributed by atoms with Gasteiger partial charge in [-0.15, -0.1) is 11.3 Å². The number of esters is 1. The second kappa shape index (κ2) is 9.94. The Morgan fingerprint density at radius 3 is 2.56 bits per heavy atom. The number of benzene rings is 2. The van der Waals surface area contributed by atoms with Crippen LogP contribution in [0.3, 0.4) is 0 Å². The second-order valence-corrected chi connectivity index (χ2v) is 8.31. The van der Waals surface area contributed by atoms with E-state index in [4.69, 9.17) is 21.1 Å². The Balaban J connectivity index is 1.36. The van der Waals surface area contributed by atoms with Gasteiger partial charge in [0, 0.05) is 22.8 Å². The predicted octanol–water partition coefficient (Wildman–Crippen LogP) is 4.49. The van der Waals surface area contributed by atoms with Crippen LogP contribution in [-0.4, -0.2) is 40.4 Å². The maximum Gasteiger partial charge on any atom is 0.359 e. The number of nitrogens with zero attached hydrogens (tertiary/aromatic N) is 2. The Labute approximate surface area is 203 Å². The highest BCUT2D eigenvalue weighted by Crippen LogP contribution is 2.24. The number of fused-ring (bicyclic) bond motifs is 1. The van der Waals surface area contributed by atoms with Gasteiger partial charge >= 0.3 is 5.97 Å². The van der Waals surface area contributed by atoms with Crippen LogP contribution in [0.25, 0.3) is 4.96 Å². The maximum atomic E-state index is 12.5. The molecule has 2 aromatic heterocycles. The van der Waals surface area contributed by atoms with E-state index >= 15 is 0 Å². The number of para-hydroxylation sites is 2. The van der Waals surface area contributed by atoms with Crippen molar-refractivity contribution in [1.82, 2.24) is 9.38 Å². The van der Waals surface area contributed by atoms with E-state index in [2.05, 4.69) is 15.6 Å². The minimum absolute atomic E-state index is 0.00597. The first-order chi connectivity index (χ1) is 16.4. The zero-order valence-corrected chi connectivity index (χ0v) is 19.6. The number of nitrogens with one attached hydrogen (secondary N) is 2. The summed E-state index contributed by atoms with van der Waals surface area (Å²) in [5.41, 5.74) is 1.42. The summed E-state index contributed by atoms with van der Waals surface area (Å²) in [6.45, 7) is 1.45. The average Bonchev–Trinajstić information content (AvgIpc) is 3.39. The fourth-order valence-corrected chi connectivity index (χ4v) is 4.12. The highest BCUT2D eigenvalue weighted by molar-refractivity contribution is 7.15. The van der Waals surface area contributed by atoms with Crippen molar-refractivity contribution in [2.24, 2.45) is 0 Å². The number of carbonyl (C=O) groups is 3. The lowest BCUT2D eigenvalue weighted by Gasteiger charge is -2.14. The number of amides is 2. The first-order valence-electron chi connectivity index (χ1n) is 10.0. The molecule has 34 heavy (non-hydrogen) atoms. The largest absolute Gasteiger partial charge is 0.495 e. The third kappa shape index (κ3) is 4.87. The van der Waals surface area contributed by atoms with E-state index in [9.17, 15) is 14.4 Å². The number of carbonyl (C=O) groups excluding carboxylic acids is 3. The number of hydrogen-bond acceptors (Lipinski definition) is 7. The van der Waals surface area contributed by atoms with E-state index in [0.29, 0.717) is 27.6 Å². The molecule has 2 heterocycles. The van der Waals surface area contributed by atoms with E-state index < -0.39 is 18.0 Å². The standard InChI is InChI=1S/C23H19ClN4O5S/c1-13(33-22(31)18-19(24)27-23-28(18)11-12-34-23)20(29)25-15-9-7-14(8-10-15)21(30)26-16-5-3-4-6-17(16)32-2/h3-13H,1-2H3,(H,25,29)(H,26,30)/t13-/m1/s1. The van der Waals surface area contributed by atoms with Crippen LogP contribution in [0.15, 0.2) is 60.1 Å². The molecule has 0 aliphatic heterocycles. The van der Waals surface area contributed by atoms with Gasteiger partial charge in [-0.2, -0.15) is 0 Å². The molecule has 2 N–H and O–H groups in total. The SMILES string of the molecule is COc1ccccc1NC(=O)c1ccc(NC(=O)[C@@H](C)OC(=O)c2c(Cl)nc3sccn23)cc1. The van der Waals surface area contributed by atoms with Crippen LogP contribution in [0.4, 0.5) is 11.4 Å². The molecule has 4 aromatic rings. The Bertz CT molecular complexity index is 1370. The number of hydrogen-bond donors (Lipinski definition) is 2. The molecular weight excluding hydrogens is 480 g/mol. The molecule has 174 valence electrons. The quantitative estimate of drug-likeness (QED) is 0.363. The highest BCUT2D eigenvalue weighted by Gasteiger charge is 2.25. The van der Waals surface area contributed by atoms with Gasteiger partial charge in [0.1, 0.15) is 5.75 Å². The van der Waals surface area contributed by atoms with Gasteiger partial charge in [0.25, 0.3) is 11.8 Å². The van der Waals surface area contributed by atoms with Crippen LogP contribution in [0.1, 0.15) is 27.8 Å². The molecule has 9 nitrogen and oxygen atoms in total. The van der Waals surface area contributed by atoms with Crippen molar-refractivity contribution in [2.75, 3.05) is 17.7 Å². The van der Waals surface area contributed by atoms with Gasteiger partial charge in [0.2, 0.25) is 0 Å². The van der Waals surface area contributed by atoms with Gasteiger partial charge in [-0.05, 0) is 43.3 Å². The van der Waals surface area contributed by atoms with Crippen molar-refractivity contribution in [3.8, 4) is 5.75 Å². The van der Waals surface area contributed by atoms with E-state index in [0.717, 1.165) is 0 Å². The van der Waals surface area contributed by atoms with Crippen molar-refractivity contribution in [2.45, 2.75) is 13.0 Å². The van der Waals surface area contributed by atoms with Crippen molar-refractivity contribution in [3.63, 3.8) is 0 Å². The van der Waals surface area contributed by atoms with E-state index in [1.807, 2.05) is 0 Å².